The Kier molecular flexibility index (Phi) is 6.17. The zero-order valence-electron chi connectivity index (χ0n) is 17.9. The molecule has 162 valence electrons. The molecule has 1 heterocycles. The third kappa shape index (κ3) is 4.78. The molecule has 1 aromatic heterocycles. The van der Waals surface area contributed by atoms with E-state index in [1.54, 1.807) is 32.4 Å². The molecular weight excluding hydrogens is 406 g/mol. The maximum Gasteiger partial charge on any atom is 0.338 e. The number of aromatic amines is 1. The molecule has 4 aromatic rings. The number of nitrogens with zero attached hydrogens (tertiary/aromatic N) is 2. The van der Waals surface area contributed by atoms with Gasteiger partial charge in [-0.15, -0.1) is 0 Å². The normalized spacial score (nSPS) is 10.7. The van der Waals surface area contributed by atoms with Crippen molar-refractivity contribution in [2.75, 3.05) is 20.8 Å². The molecule has 32 heavy (non-hydrogen) atoms. The average Bonchev–Trinajstić information content (AvgIpc) is 3.26. The van der Waals surface area contributed by atoms with Gasteiger partial charge in [0.25, 0.3) is 5.91 Å². The summed E-state index contributed by atoms with van der Waals surface area (Å²) in [6.07, 6.45) is 0. The SMILES string of the molecule is COc1ccc(-c2nc3ccc(C(=O)OCC(=O)N(C)Cc4ccccc4)cc3[nH]2)cc1. The number of ether oxygens (including phenoxy) is 2. The molecule has 0 radical (unpaired) electrons. The van der Waals surface area contributed by atoms with E-state index in [1.165, 1.54) is 4.90 Å². The molecule has 0 aliphatic rings. The Morgan fingerprint density at radius 2 is 1.75 bits per heavy atom. The third-order valence-corrected chi connectivity index (χ3v) is 5.10. The van der Waals surface area contributed by atoms with Crippen molar-refractivity contribution < 1.29 is 19.1 Å². The number of hydrogen-bond acceptors (Lipinski definition) is 5. The molecule has 3 aromatic carbocycles. The van der Waals surface area contributed by atoms with Gasteiger partial charge in [0, 0.05) is 19.2 Å². The highest BCUT2D eigenvalue weighted by atomic mass is 16.5. The lowest BCUT2D eigenvalue weighted by molar-refractivity contribution is -0.133. The molecule has 0 fully saturated rings. The van der Waals surface area contributed by atoms with E-state index < -0.39 is 5.97 Å². The van der Waals surface area contributed by atoms with Gasteiger partial charge in [-0.1, -0.05) is 30.3 Å². The standard InChI is InChI=1S/C25H23N3O4/c1-28(15-17-6-4-3-5-7-17)23(29)16-32-25(30)19-10-13-21-22(14-19)27-24(26-21)18-8-11-20(31-2)12-9-18/h3-14H,15-16H2,1-2H3,(H,26,27). The van der Waals surface area contributed by atoms with Crippen molar-refractivity contribution in [2.45, 2.75) is 6.54 Å². The number of hydrogen-bond donors (Lipinski definition) is 1. The Morgan fingerprint density at radius 3 is 2.47 bits per heavy atom. The number of carbonyl (C=O) groups is 2. The Morgan fingerprint density at radius 1 is 1.00 bits per heavy atom. The van der Waals surface area contributed by atoms with Crippen molar-refractivity contribution in [3.05, 3.63) is 83.9 Å². The number of nitrogens with one attached hydrogen (secondary N) is 1. The summed E-state index contributed by atoms with van der Waals surface area (Å²) in [5.74, 6) is 0.616. The van der Waals surface area contributed by atoms with Gasteiger partial charge in [0.2, 0.25) is 0 Å². The highest BCUT2D eigenvalue weighted by Gasteiger charge is 2.15. The van der Waals surface area contributed by atoms with Crippen LogP contribution >= 0.6 is 0 Å². The van der Waals surface area contributed by atoms with Crippen LogP contribution in [-0.4, -0.2) is 47.5 Å². The second kappa shape index (κ2) is 9.34. The lowest BCUT2D eigenvalue weighted by atomic mass is 10.2. The van der Waals surface area contributed by atoms with Gasteiger partial charge in [-0.25, -0.2) is 9.78 Å². The minimum absolute atomic E-state index is 0.272. The van der Waals surface area contributed by atoms with E-state index in [9.17, 15) is 9.59 Å². The molecule has 7 nitrogen and oxygen atoms in total. The quantitative estimate of drug-likeness (QED) is 0.448. The fraction of sp³-hybridized carbons (Fsp3) is 0.160. The molecular formula is C25H23N3O4. The lowest BCUT2D eigenvalue weighted by Gasteiger charge is -2.17. The first kappa shape index (κ1) is 21.1. The van der Waals surface area contributed by atoms with Crippen LogP contribution in [0.15, 0.2) is 72.8 Å². The second-order valence-corrected chi connectivity index (χ2v) is 7.36. The Hall–Kier alpha value is -4.13. The first-order chi connectivity index (χ1) is 15.5. The largest absolute Gasteiger partial charge is 0.497 e. The zero-order chi connectivity index (χ0) is 22.5. The van der Waals surface area contributed by atoms with Crippen molar-refractivity contribution in [2.24, 2.45) is 0 Å². The molecule has 4 rings (SSSR count). The van der Waals surface area contributed by atoms with Crippen LogP contribution < -0.4 is 4.74 Å². The van der Waals surface area contributed by atoms with Crippen LogP contribution in [-0.2, 0) is 16.1 Å². The third-order valence-electron chi connectivity index (χ3n) is 5.10. The molecule has 0 spiro atoms. The van der Waals surface area contributed by atoms with E-state index in [0.29, 0.717) is 23.4 Å². The summed E-state index contributed by atoms with van der Waals surface area (Å²) >= 11 is 0. The number of imidazole rings is 1. The molecule has 0 atom stereocenters. The van der Waals surface area contributed by atoms with Gasteiger partial charge in [0.15, 0.2) is 6.61 Å². The minimum Gasteiger partial charge on any atom is -0.497 e. The summed E-state index contributed by atoms with van der Waals surface area (Å²) in [5, 5.41) is 0. The molecule has 0 bridgehead atoms. The van der Waals surface area contributed by atoms with Gasteiger partial charge >= 0.3 is 5.97 Å². The molecule has 1 N–H and O–H groups in total. The van der Waals surface area contributed by atoms with Crippen LogP contribution in [0.1, 0.15) is 15.9 Å². The van der Waals surface area contributed by atoms with Crippen LogP contribution in [0.3, 0.4) is 0 Å². The van der Waals surface area contributed by atoms with Gasteiger partial charge in [0.1, 0.15) is 11.6 Å². The number of rotatable bonds is 7. The van der Waals surface area contributed by atoms with E-state index in [1.807, 2.05) is 54.6 Å². The highest BCUT2D eigenvalue weighted by molar-refractivity contribution is 5.95. The van der Waals surface area contributed by atoms with E-state index in [-0.39, 0.29) is 12.5 Å². The zero-order valence-corrected chi connectivity index (χ0v) is 17.9. The van der Waals surface area contributed by atoms with Gasteiger partial charge < -0.3 is 19.4 Å². The summed E-state index contributed by atoms with van der Waals surface area (Å²) in [7, 11) is 3.30. The predicted molar refractivity (Wildman–Crippen MR) is 121 cm³/mol. The smallest absolute Gasteiger partial charge is 0.338 e. The minimum atomic E-state index is -0.561. The Balaban J connectivity index is 1.40. The summed E-state index contributed by atoms with van der Waals surface area (Å²) < 4.78 is 10.4. The van der Waals surface area contributed by atoms with E-state index in [0.717, 1.165) is 22.4 Å². The monoisotopic (exact) mass is 429 g/mol. The van der Waals surface area contributed by atoms with Crippen LogP contribution in [0, 0.1) is 0 Å². The van der Waals surface area contributed by atoms with Gasteiger partial charge in [0.05, 0.1) is 23.7 Å². The number of likely N-dealkylation sites (N-methyl/N-ethyl adjacent to an activating group) is 1. The number of benzene rings is 3. The summed E-state index contributed by atoms with van der Waals surface area (Å²) in [4.78, 5) is 34.1. The van der Waals surface area contributed by atoms with Crippen molar-refractivity contribution in [1.82, 2.24) is 14.9 Å². The molecule has 0 unspecified atom stereocenters. The number of aromatic nitrogens is 2. The van der Waals surface area contributed by atoms with Gasteiger partial charge in [-0.05, 0) is 48.0 Å². The number of methoxy groups -OCH3 is 1. The number of H-pyrrole nitrogens is 1. The van der Waals surface area contributed by atoms with Crippen molar-refractivity contribution in [3.8, 4) is 17.1 Å². The average molecular weight is 429 g/mol. The maximum absolute atomic E-state index is 12.5. The first-order valence-corrected chi connectivity index (χ1v) is 10.1. The van der Waals surface area contributed by atoms with Crippen molar-refractivity contribution >= 4 is 22.9 Å². The van der Waals surface area contributed by atoms with Crippen LogP contribution in [0.4, 0.5) is 0 Å². The van der Waals surface area contributed by atoms with E-state index in [4.69, 9.17) is 9.47 Å². The lowest BCUT2D eigenvalue weighted by Crippen LogP contribution is -2.30. The topological polar surface area (TPSA) is 84.5 Å². The first-order valence-electron chi connectivity index (χ1n) is 10.1. The number of carbonyl (C=O) groups excluding carboxylic acids is 2. The predicted octanol–water partition coefficient (Wildman–Crippen LogP) is 4.05. The van der Waals surface area contributed by atoms with Crippen LogP contribution in [0.25, 0.3) is 22.4 Å². The molecule has 7 heteroatoms. The fourth-order valence-electron chi connectivity index (χ4n) is 3.29. The van der Waals surface area contributed by atoms with Crippen molar-refractivity contribution in [1.29, 1.82) is 0 Å². The number of amides is 1. The summed E-state index contributed by atoms with van der Waals surface area (Å²) in [6.45, 7) is 0.131. The Bertz CT molecular complexity index is 1230. The number of fused-ring (bicyclic) bond motifs is 1. The highest BCUT2D eigenvalue weighted by Crippen LogP contribution is 2.23. The van der Waals surface area contributed by atoms with Gasteiger partial charge in [-0.3, -0.25) is 4.79 Å². The van der Waals surface area contributed by atoms with Gasteiger partial charge in [-0.2, -0.15) is 0 Å². The fourth-order valence-corrected chi connectivity index (χ4v) is 3.29. The molecule has 0 aliphatic carbocycles. The van der Waals surface area contributed by atoms with Crippen molar-refractivity contribution in [3.63, 3.8) is 0 Å². The van der Waals surface area contributed by atoms with Crippen LogP contribution in [0.2, 0.25) is 0 Å². The summed E-state index contributed by atoms with van der Waals surface area (Å²) in [6, 6.07) is 22.2. The molecule has 0 saturated heterocycles. The van der Waals surface area contributed by atoms with E-state index in [2.05, 4.69) is 9.97 Å². The Labute approximate surface area is 185 Å². The molecule has 0 aliphatic heterocycles. The summed E-state index contributed by atoms with van der Waals surface area (Å²) in [5.41, 5.74) is 3.69. The van der Waals surface area contributed by atoms with Crippen LogP contribution in [0.5, 0.6) is 5.75 Å². The molecule has 0 saturated carbocycles. The maximum atomic E-state index is 12.5. The van der Waals surface area contributed by atoms with E-state index >= 15 is 0 Å². The number of esters is 1. The molecule has 1 amide bonds. The second-order valence-electron chi connectivity index (χ2n) is 7.36.